The van der Waals surface area contributed by atoms with Gasteiger partial charge in [-0.1, -0.05) is 16.5 Å². The van der Waals surface area contributed by atoms with E-state index in [0.717, 1.165) is 22.9 Å². The topological polar surface area (TPSA) is 78.1 Å². The van der Waals surface area contributed by atoms with Gasteiger partial charge in [0.05, 0.1) is 11.9 Å². The Bertz CT molecular complexity index is 1070. The van der Waals surface area contributed by atoms with Crippen molar-refractivity contribution >= 4 is 28.5 Å². The first kappa shape index (κ1) is 20.6. The molecule has 0 atom stereocenters. The fraction of sp³-hybridized carbons (Fsp3) is 0.200. The zero-order valence-corrected chi connectivity index (χ0v) is 14.9. The van der Waals surface area contributed by atoms with E-state index in [0.29, 0.717) is 16.9 Å². The number of ether oxygens (including phenoxy) is 1. The van der Waals surface area contributed by atoms with E-state index in [1.54, 1.807) is 0 Å². The summed E-state index contributed by atoms with van der Waals surface area (Å²) >= 11 is 0.640. The molecule has 0 aliphatic rings. The number of nitrogens with zero attached hydrogens (tertiary/aromatic N) is 4. The molecule has 0 unspecified atom stereocenters. The number of hydrogen-bond donors (Lipinski definition) is 0. The molecule has 7 nitrogen and oxygen atoms in total. The summed E-state index contributed by atoms with van der Waals surface area (Å²) in [6.45, 7) is 1.36. The van der Waals surface area contributed by atoms with E-state index in [9.17, 15) is 31.1 Å². The molecule has 0 N–H and O–H groups in total. The first-order chi connectivity index (χ1) is 13.4. The van der Waals surface area contributed by atoms with Gasteiger partial charge in [0.15, 0.2) is 0 Å². The number of carbonyl (C=O) groups excluding carboxylic acids is 1. The summed E-state index contributed by atoms with van der Waals surface area (Å²) in [6.07, 6.45) is -8.48. The number of oxime groups is 1. The average Bonchev–Trinajstić information content (AvgIpc) is 3.15. The summed E-state index contributed by atoms with van der Waals surface area (Å²) in [5, 5.41) is 6.71. The molecule has 0 amide bonds. The lowest BCUT2D eigenvalue weighted by Gasteiger charge is -2.08. The Hall–Kier alpha value is -3.16. The Balaban J connectivity index is 1.67. The van der Waals surface area contributed by atoms with Crippen LogP contribution < -0.4 is 4.74 Å². The van der Waals surface area contributed by atoms with Crippen LogP contribution in [0.15, 0.2) is 29.4 Å². The standard InChI is InChI=1S/C15H8F6N4O3S/c1-7-10(29-13-23-12(14(16,17)18)24-25(7)13)11(26)28-22-6-8-2-4-9(5-3-8)27-15(19,20)21/h2-6H,1H3/b22-6+. The summed E-state index contributed by atoms with van der Waals surface area (Å²) in [5.74, 6) is -2.72. The van der Waals surface area contributed by atoms with Gasteiger partial charge in [-0.15, -0.1) is 18.3 Å². The zero-order chi connectivity index (χ0) is 21.4. The Morgan fingerprint density at radius 1 is 1.17 bits per heavy atom. The summed E-state index contributed by atoms with van der Waals surface area (Å²) in [6, 6.07) is 4.56. The number of aryl methyl sites for hydroxylation is 1. The van der Waals surface area contributed by atoms with Crippen molar-refractivity contribution in [3.8, 4) is 5.75 Å². The van der Waals surface area contributed by atoms with Gasteiger partial charge in [0, 0.05) is 0 Å². The lowest BCUT2D eigenvalue weighted by atomic mass is 10.2. The highest BCUT2D eigenvalue weighted by Gasteiger charge is 2.37. The molecule has 0 fully saturated rings. The third-order valence-corrected chi connectivity index (χ3v) is 4.42. The maximum atomic E-state index is 12.6. The molecule has 0 bridgehead atoms. The van der Waals surface area contributed by atoms with Gasteiger partial charge < -0.3 is 9.57 Å². The van der Waals surface area contributed by atoms with E-state index in [4.69, 9.17) is 0 Å². The molecular weight excluding hydrogens is 430 g/mol. The van der Waals surface area contributed by atoms with Gasteiger partial charge in [-0.3, -0.25) is 0 Å². The maximum absolute atomic E-state index is 12.6. The van der Waals surface area contributed by atoms with Crippen molar-refractivity contribution < 1.29 is 40.7 Å². The van der Waals surface area contributed by atoms with Gasteiger partial charge in [0.2, 0.25) is 4.96 Å². The largest absolute Gasteiger partial charge is 0.573 e. The summed E-state index contributed by atoms with van der Waals surface area (Å²) < 4.78 is 78.7. The van der Waals surface area contributed by atoms with Gasteiger partial charge in [-0.25, -0.2) is 9.31 Å². The highest BCUT2D eigenvalue weighted by molar-refractivity contribution is 7.18. The van der Waals surface area contributed by atoms with Crippen molar-refractivity contribution in [3.05, 3.63) is 46.2 Å². The minimum absolute atomic E-state index is 0.0557. The minimum Gasteiger partial charge on any atom is -0.406 e. The minimum atomic E-state index is -4.82. The number of halogens is 6. The smallest absolute Gasteiger partial charge is 0.406 e. The van der Waals surface area contributed by atoms with Crippen molar-refractivity contribution in [2.45, 2.75) is 19.5 Å². The van der Waals surface area contributed by atoms with E-state index in [-0.39, 0.29) is 15.5 Å². The number of benzene rings is 1. The van der Waals surface area contributed by atoms with Crippen LogP contribution in [0.2, 0.25) is 0 Å². The second kappa shape index (κ2) is 7.35. The van der Waals surface area contributed by atoms with Crippen LogP contribution in [0.4, 0.5) is 26.3 Å². The number of carbonyl (C=O) groups is 1. The van der Waals surface area contributed by atoms with Crippen molar-refractivity contribution in [2.24, 2.45) is 5.16 Å². The molecule has 1 aromatic carbocycles. The molecule has 2 aromatic heterocycles. The Morgan fingerprint density at radius 3 is 2.38 bits per heavy atom. The van der Waals surface area contributed by atoms with Crippen LogP contribution in [0.25, 0.3) is 4.96 Å². The third kappa shape index (κ3) is 4.82. The van der Waals surface area contributed by atoms with E-state index < -0.39 is 30.1 Å². The van der Waals surface area contributed by atoms with Crippen LogP contribution >= 0.6 is 11.3 Å². The zero-order valence-electron chi connectivity index (χ0n) is 14.1. The highest BCUT2D eigenvalue weighted by atomic mass is 32.1. The lowest BCUT2D eigenvalue weighted by Crippen LogP contribution is -2.17. The van der Waals surface area contributed by atoms with Gasteiger partial charge in [0.25, 0.3) is 5.82 Å². The van der Waals surface area contributed by atoms with Gasteiger partial charge in [0.1, 0.15) is 10.6 Å². The predicted molar refractivity (Wildman–Crippen MR) is 86.7 cm³/mol. The second-order valence-electron chi connectivity index (χ2n) is 5.37. The van der Waals surface area contributed by atoms with Crippen molar-refractivity contribution in [1.29, 1.82) is 0 Å². The molecule has 0 saturated heterocycles. The van der Waals surface area contributed by atoms with Crippen LogP contribution in [0, 0.1) is 6.92 Å². The van der Waals surface area contributed by atoms with E-state index >= 15 is 0 Å². The normalized spacial score (nSPS) is 12.7. The molecule has 2 heterocycles. The molecule has 0 aliphatic heterocycles. The second-order valence-corrected chi connectivity index (χ2v) is 6.35. The molecule has 29 heavy (non-hydrogen) atoms. The van der Waals surface area contributed by atoms with Crippen LogP contribution in [-0.4, -0.2) is 33.1 Å². The van der Waals surface area contributed by atoms with Gasteiger partial charge in [-0.05, 0) is 36.8 Å². The molecule has 3 rings (SSSR count). The average molecular weight is 438 g/mol. The number of hydrogen-bond acceptors (Lipinski definition) is 7. The maximum Gasteiger partial charge on any atom is 0.573 e. The van der Waals surface area contributed by atoms with Crippen LogP contribution in [0.1, 0.15) is 26.8 Å². The Labute approximate surface area is 161 Å². The van der Waals surface area contributed by atoms with Crippen molar-refractivity contribution in [2.75, 3.05) is 0 Å². The van der Waals surface area contributed by atoms with Crippen LogP contribution in [-0.2, 0) is 11.0 Å². The summed E-state index contributed by atoms with van der Waals surface area (Å²) in [5.41, 5.74) is 0.392. The Kier molecular flexibility index (Phi) is 5.21. The monoisotopic (exact) mass is 438 g/mol. The quantitative estimate of drug-likeness (QED) is 0.264. The fourth-order valence-electron chi connectivity index (χ4n) is 2.09. The van der Waals surface area contributed by atoms with Crippen LogP contribution in [0.3, 0.4) is 0 Å². The Morgan fingerprint density at radius 2 is 1.83 bits per heavy atom. The predicted octanol–water partition coefficient (Wildman–Crippen LogP) is 4.21. The van der Waals surface area contributed by atoms with E-state index in [1.165, 1.54) is 19.1 Å². The molecular formula is C15H8F6N4O3S. The highest BCUT2D eigenvalue weighted by Crippen LogP contribution is 2.30. The van der Waals surface area contributed by atoms with Crippen LogP contribution in [0.5, 0.6) is 5.75 Å². The molecule has 0 aliphatic carbocycles. The first-order valence-electron chi connectivity index (χ1n) is 7.48. The molecule has 0 spiro atoms. The molecule has 0 radical (unpaired) electrons. The number of aromatic nitrogens is 3. The van der Waals surface area contributed by atoms with E-state index in [2.05, 4.69) is 24.8 Å². The van der Waals surface area contributed by atoms with Crippen molar-refractivity contribution in [1.82, 2.24) is 14.6 Å². The summed E-state index contributed by atoms with van der Waals surface area (Å²) in [4.78, 5) is 19.8. The molecule has 154 valence electrons. The molecule has 14 heteroatoms. The SMILES string of the molecule is Cc1c(C(=O)O/N=C/c2ccc(OC(F)(F)F)cc2)sc2nc(C(F)(F)F)nn12. The number of alkyl halides is 6. The van der Waals surface area contributed by atoms with Gasteiger partial charge in [-0.2, -0.15) is 18.2 Å². The van der Waals surface area contributed by atoms with E-state index in [1.807, 2.05) is 0 Å². The molecule has 0 saturated carbocycles. The first-order valence-corrected chi connectivity index (χ1v) is 8.29. The number of rotatable bonds is 4. The molecule has 3 aromatic rings. The third-order valence-electron chi connectivity index (χ3n) is 3.31. The number of thiazole rings is 1. The summed E-state index contributed by atoms with van der Waals surface area (Å²) in [7, 11) is 0. The van der Waals surface area contributed by atoms with Gasteiger partial charge >= 0.3 is 18.5 Å². The fourth-order valence-corrected chi connectivity index (χ4v) is 3.02. The van der Waals surface area contributed by atoms with Crippen molar-refractivity contribution in [3.63, 3.8) is 0 Å². The lowest BCUT2D eigenvalue weighted by molar-refractivity contribution is -0.274. The number of fused-ring (bicyclic) bond motifs is 1.